The van der Waals surface area contributed by atoms with Crippen LogP contribution in [0.2, 0.25) is 0 Å². The molecule has 8 heteroatoms. The van der Waals surface area contributed by atoms with E-state index in [4.69, 9.17) is 0 Å². The van der Waals surface area contributed by atoms with Crippen LogP contribution in [0, 0.1) is 27.6 Å². The van der Waals surface area contributed by atoms with E-state index in [1.54, 1.807) is 0 Å². The molecule has 0 spiro atoms. The summed E-state index contributed by atoms with van der Waals surface area (Å²) in [5.41, 5.74) is -1.40. The van der Waals surface area contributed by atoms with E-state index in [-0.39, 0.29) is 11.3 Å². The summed E-state index contributed by atoms with van der Waals surface area (Å²) in [5, 5.41) is 12.7. The fourth-order valence-corrected chi connectivity index (χ4v) is 1.58. The summed E-state index contributed by atoms with van der Waals surface area (Å²) in [7, 11) is 0. The lowest BCUT2D eigenvalue weighted by atomic mass is 10.1. The minimum absolute atomic E-state index is 0.230. The van der Waals surface area contributed by atoms with Crippen LogP contribution in [0.4, 0.5) is 24.5 Å². The third kappa shape index (κ3) is 3.16. The second-order valence-corrected chi connectivity index (χ2v) is 4.00. The number of benzene rings is 2. The predicted octanol–water partition coefficient (Wildman–Crippen LogP) is 3.26. The lowest BCUT2D eigenvalue weighted by Crippen LogP contribution is -2.13. The number of nitrogens with one attached hydrogen (secondary N) is 1. The number of carbonyl (C=O) groups is 1. The van der Waals surface area contributed by atoms with Crippen molar-refractivity contribution in [3.63, 3.8) is 0 Å². The lowest BCUT2D eigenvalue weighted by Gasteiger charge is -2.06. The van der Waals surface area contributed by atoms with Crippen LogP contribution in [0.15, 0.2) is 36.4 Å². The van der Waals surface area contributed by atoms with Gasteiger partial charge in [0.25, 0.3) is 5.91 Å². The Labute approximate surface area is 116 Å². The largest absolute Gasteiger partial charge is 0.319 e. The number of hydrogen-bond donors (Lipinski definition) is 1. The fraction of sp³-hybridized carbons (Fsp3) is 0. The second-order valence-electron chi connectivity index (χ2n) is 4.00. The van der Waals surface area contributed by atoms with E-state index in [0.717, 1.165) is 30.3 Å². The van der Waals surface area contributed by atoms with Crippen molar-refractivity contribution in [3.05, 3.63) is 69.5 Å². The Morgan fingerprint density at radius 1 is 1.05 bits per heavy atom. The summed E-state index contributed by atoms with van der Waals surface area (Å²) in [6.07, 6.45) is 0. The number of nitro benzene ring substituents is 1. The number of halogens is 3. The smallest absolute Gasteiger partial charge is 0.305 e. The first kappa shape index (κ1) is 14.5. The van der Waals surface area contributed by atoms with Crippen LogP contribution >= 0.6 is 0 Å². The van der Waals surface area contributed by atoms with Crippen molar-refractivity contribution in [1.82, 2.24) is 0 Å². The Morgan fingerprint density at radius 3 is 2.38 bits per heavy atom. The van der Waals surface area contributed by atoms with E-state index in [1.807, 2.05) is 0 Å². The maximum absolute atomic E-state index is 13.4. The van der Waals surface area contributed by atoms with Crippen LogP contribution < -0.4 is 5.32 Å². The molecule has 0 unspecified atom stereocenters. The highest BCUT2D eigenvalue weighted by Gasteiger charge is 2.18. The monoisotopic (exact) mass is 296 g/mol. The molecular formula is C13H7F3N2O3. The van der Waals surface area contributed by atoms with Gasteiger partial charge in [-0.05, 0) is 24.3 Å². The quantitative estimate of drug-likeness (QED) is 0.698. The summed E-state index contributed by atoms with van der Waals surface area (Å²) in [4.78, 5) is 21.4. The molecule has 5 nitrogen and oxygen atoms in total. The summed E-state index contributed by atoms with van der Waals surface area (Å²) in [6.45, 7) is 0. The lowest BCUT2D eigenvalue weighted by molar-refractivity contribution is -0.387. The van der Waals surface area contributed by atoms with E-state index in [9.17, 15) is 28.1 Å². The average molecular weight is 296 g/mol. The van der Waals surface area contributed by atoms with Crippen LogP contribution in [-0.2, 0) is 0 Å². The number of rotatable bonds is 3. The molecule has 0 aromatic heterocycles. The van der Waals surface area contributed by atoms with Crippen LogP contribution in [0.5, 0.6) is 0 Å². The molecule has 0 aliphatic rings. The Hall–Kier alpha value is -2.90. The van der Waals surface area contributed by atoms with E-state index in [2.05, 4.69) is 5.32 Å². The number of carbonyl (C=O) groups excluding carboxylic acids is 1. The molecule has 108 valence electrons. The van der Waals surface area contributed by atoms with Crippen molar-refractivity contribution >= 4 is 17.3 Å². The summed E-state index contributed by atoms with van der Waals surface area (Å²) in [6, 6.07) is 5.01. The van der Waals surface area contributed by atoms with Gasteiger partial charge >= 0.3 is 5.69 Å². The molecule has 0 aliphatic heterocycles. The zero-order valence-electron chi connectivity index (χ0n) is 10.3. The highest BCUT2D eigenvalue weighted by Crippen LogP contribution is 2.20. The van der Waals surface area contributed by atoms with Gasteiger partial charge in [0, 0.05) is 17.7 Å². The molecular weight excluding hydrogens is 289 g/mol. The molecule has 1 amide bonds. The van der Waals surface area contributed by atoms with Gasteiger partial charge in [0.2, 0.25) is 5.82 Å². The number of nitrogens with zero attached hydrogens (tertiary/aromatic N) is 1. The molecule has 0 bridgehead atoms. The summed E-state index contributed by atoms with van der Waals surface area (Å²) >= 11 is 0. The van der Waals surface area contributed by atoms with Gasteiger partial charge in [-0.2, -0.15) is 4.39 Å². The predicted molar refractivity (Wildman–Crippen MR) is 67.4 cm³/mol. The van der Waals surface area contributed by atoms with Crippen LogP contribution in [-0.4, -0.2) is 10.8 Å². The SMILES string of the molecule is O=C(Nc1ccc(F)cc1F)c1ccc(F)c([N+](=O)[O-])c1. The third-order valence-electron chi connectivity index (χ3n) is 2.58. The minimum atomic E-state index is -1.09. The molecule has 0 fully saturated rings. The number of hydrogen-bond acceptors (Lipinski definition) is 3. The van der Waals surface area contributed by atoms with Gasteiger partial charge in [-0.15, -0.1) is 0 Å². The van der Waals surface area contributed by atoms with E-state index in [1.165, 1.54) is 0 Å². The normalized spacial score (nSPS) is 10.2. The Kier molecular flexibility index (Phi) is 3.88. The fourth-order valence-electron chi connectivity index (χ4n) is 1.58. The molecule has 2 aromatic rings. The highest BCUT2D eigenvalue weighted by atomic mass is 19.1. The topological polar surface area (TPSA) is 72.2 Å². The van der Waals surface area contributed by atoms with Crippen molar-refractivity contribution in [3.8, 4) is 0 Å². The average Bonchev–Trinajstić information content (AvgIpc) is 2.42. The summed E-state index contributed by atoms with van der Waals surface area (Å²) < 4.78 is 39.2. The van der Waals surface area contributed by atoms with Gasteiger partial charge in [0.15, 0.2) is 0 Å². The van der Waals surface area contributed by atoms with Crippen LogP contribution in [0.3, 0.4) is 0 Å². The standard InChI is InChI=1S/C13H7F3N2O3/c14-8-2-4-11(10(16)6-8)17-13(19)7-1-3-9(15)12(5-7)18(20)21/h1-6H,(H,17,19). The van der Waals surface area contributed by atoms with Crippen molar-refractivity contribution < 1.29 is 22.9 Å². The molecule has 0 aliphatic carbocycles. The Bertz CT molecular complexity index is 735. The number of amides is 1. The van der Waals surface area contributed by atoms with E-state index in [0.29, 0.717) is 6.07 Å². The van der Waals surface area contributed by atoms with Crippen molar-refractivity contribution in [2.24, 2.45) is 0 Å². The van der Waals surface area contributed by atoms with Crippen molar-refractivity contribution in [2.75, 3.05) is 5.32 Å². The Balaban J connectivity index is 2.28. The first-order valence-electron chi connectivity index (χ1n) is 5.59. The third-order valence-corrected chi connectivity index (χ3v) is 2.58. The second kappa shape index (κ2) is 5.61. The van der Waals surface area contributed by atoms with Crippen molar-refractivity contribution in [2.45, 2.75) is 0 Å². The van der Waals surface area contributed by atoms with Gasteiger partial charge in [-0.25, -0.2) is 8.78 Å². The molecule has 21 heavy (non-hydrogen) atoms. The Morgan fingerprint density at radius 2 is 1.76 bits per heavy atom. The molecule has 0 heterocycles. The van der Waals surface area contributed by atoms with Crippen LogP contribution in [0.25, 0.3) is 0 Å². The van der Waals surface area contributed by atoms with Gasteiger partial charge in [0.05, 0.1) is 10.6 Å². The van der Waals surface area contributed by atoms with Gasteiger partial charge < -0.3 is 5.32 Å². The summed E-state index contributed by atoms with van der Waals surface area (Å²) in [5.74, 6) is -3.80. The van der Waals surface area contributed by atoms with Gasteiger partial charge in [-0.3, -0.25) is 14.9 Å². The molecule has 0 saturated heterocycles. The highest BCUT2D eigenvalue weighted by molar-refractivity contribution is 6.04. The minimum Gasteiger partial charge on any atom is -0.319 e. The molecule has 2 aromatic carbocycles. The first-order chi connectivity index (χ1) is 9.88. The molecule has 2 rings (SSSR count). The van der Waals surface area contributed by atoms with Crippen molar-refractivity contribution in [1.29, 1.82) is 0 Å². The molecule has 0 atom stereocenters. The maximum atomic E-state index is 13.4. The van der Waals surface area contributed by atoms with Gasteiger partial charge in [0.1, 0.15) is 11.6 Å². The molecule has 0 radical (unpaired) electrons. The maximum Gasteiger partial charge on any atom is 0.305 e. The van der Waals surface area contributed by atoms with E-state index < -0.39 is 34.0 Å². The number of nitro groups is 1. The molecule has 0 saturated carbocycles. The zero-order chi connectivity index (χ0) is 15.6. The molecule has 1 N–H and O–H groups in total. The number of anilines is 1. The van der Waals surface area contributed by atoms with E-state index >= 15 is 0 Å². The first-order valence-corrected chi connectivity index (χ1v) is 5.59. The van der Waals surface area contributed by atoms with Crippen LogP contribution in [0.1, 0.15) is 10.4 Å². The van der Waals surface area contributed by atoms with Gasteiger partial charge in [-0.1, -0.05) is 0 Å². The zero-order valence-corrected chi connectivity index (χ0v) is 10.3.